The van der Waals surface area contributed by atoms with Gasteiger partial charge in [-0.3, -0.25) is 0 Å². The molecular formula is C11H19N3O3S2. The number of rotatable bonds is 5. The molecule has 1 aliphatic heterocycles. The fourth-order valence-electron chi connectivity index (χ4n) is 2.29. The molecule has 0 saturated carbocycles. The Balaban J connectivity index is 1.97. The molecule has 2 heterocycles. The zero-order valence-corrected chi connectivity index (χ0v) is 12.3. The van der Waals surface area contributed by atoms with Crippen molar-refractivity contribution in [3.05, 3.63) is 16.6 Å². The minimum Gasteiger partial charge on any atom is -0.390 e. The first-order valence-corrected chi connectivity index (χ1v) is 8.78. The number of nitrogens with two attached hydrogens (primary N) is 1. The van der Waals surface area contributed by atoms with Crippen LogP contribution >= 0.6 is 11.3 Å². The molecule has 108 valence electrons. The Kier molecular flexibility index (Phi) is 4.57. The average molecular weight is 305 g/mol. The Morgan fingerprint density at radius 2 is 2.16 bits per heavy atom. The number of aromatic nitrogens is 1. The van der Waals surface area contributed by atoms with Crippen molar-refractivity contribution in [3.8, 4) is 0 Å². The quantitative estimate of drug-likeness (QED) is 0.807. The van der Waals surface area contributed by atoms with Gasteiger partial charge in [0, 0.05) is 18.5 Å². The molecule has 1 fully saturated rings. The minimum atomic E-state index is -3.34. The van der Waals surface area contributed by atoms with Crippen molar-refractivity contribution in [3.63, 3.8) is 0 Å². The van der Waals surface area contributed by atoms with E-state index >= 15 is 0 Å². The van der Waals surface area contributed by atoms with E-state index in [1.54, 1.807) is 10.9 Å². The summed E-state index contributed by atoms with van der Waals surface area (Å²) < 4.78 is 25.9. The molecule has 0 spiro atoms. The van der Waals surface area contributed by atoms with Gasteiger partial charge in [0.15, 0.2) is 0 Å². The molecule has 1 aliphatic rings. The summed E-state index contributed by atoms with van der Waals surface area (Å²) in [6.07, 6.45) is 1.41. The molecule has 0 aliphatic carbocycles. The van der Waals surface area contributed by atoms with Crippen LogP contribution in [0, 0.1) is 0 Å². The van der Waals surface area contributed by atoms with Crippen molar-refractivity contribution >= 4 is 21.4 Å². The van der Waals surface area contributed by atoms with Gasteiger partial charge in [0.05, 0.1) is 16.8 Å². The highest BCUT2D eigenvalue weighted by Crippen LogP contribution is 2.27. The molecule has 6 nitrogen and oxygen atoms in total. The van der Waals surface area contributed by atoms with Gasteiger partial charge in [-0.2, -0.15) is 0 Å². The van der Waals surface area contributed by atoms with E-state index in [2.05, 4.69) is 4.98 Å². The van der Waals surface area contributed by atoms with Gasteiger partial charge < -0.3 is 10.8 Å². The summed E-state index contributed by atoms with van der Waals surface area (Å²) in [5.41, 5.74) is 6.85. The van der Waals surface area contributed by atoms with E-state index in [-0.39, 0.29) is 5.75 Å². The van der Waals surface area contributed by atoms with Crippen molar-refractivity contribution in [2.45, 2.75) is 30.6 Å². The van der Waals surface area contributed by atoms with Crippen molar-refractivity contribution in [1.82, 2.24) is 9.29 Å². The van der Waals surface area contributed by atoms with Crippen LogP contribution in [0.4, 0.5) is 0 Å². The number of sulfonamides is 1. The van der Waals surface area contributed by atoms with Gasteiger partial charge in [0.2, 0.25) is 10.0 Å². The Hall–Kier alpha value is -0.540. The lowest BCUT2D eigenvalue weighted by molar-refractivity contribution is -0.00997. The topological polar surface area (TPSA) is 96.5 Å². The van der Waals surface area contributed by atoms with Gasteiger partial charge in [-0.05, 0) is 25.8 Å². The highest BCUT2D eigenvalue weighted by atomic mass is 32.2. The van der Waals surface area contributed by atoms with E-state index in [1.165, 1.54) is 15.6 Å². The summed E-state index contributed by atoms with van der Waals surface area (Å²) in [7, 11) is -3.34. The number of hydrogen-bond donors (Lipinski definition) is 2. The zero-order valence-electron chi connectivity index (χ0n) is 10.7. The molecular weight excluding hydrogens is 286 g/mol. The Morgan fingerprint density at radius 3 is 2.68 bits per heavy atom. The number of thiazole rings is 1. The highest BCUT2D eigenvalue weighted by molar-refractivity contribution is 7.88. The molecule has 0 radical (unpaired) electrons. The summed E-state index contributed by atoms with van der Waals surface area (Å²) in [5.74, 6) is -0.0637. The maximum Gasteiger partial charge on any atom is 0.219 e. The molecule has 1 saturated heterocycles. The van der Waals surface area contributed by atoms with Crippen molar-refractivity contribution in [2.24, 2.45) is 5.73 Å². The maximum atomic E-state index is 12.2. The third-order valence-corrected chi connectivity index (χ3v) is 5.92. The first kappa shape index (κ1) is 14.9. The lowest BCUT2D eigenvalue weighted by Crippen LogP contribution is -2.47. The lowest BCUT2D eigenvalue weighted by Gasteiger charge is -2.37. The standard InChI is InChI=1S/C11H19N3O3S2/c12-4-1-11(15)2-5-14(6-3-11)19(16,17)8-10-7-18-9-13-10/h7,9,15H,1-6,8,12H2. The van der Waals surface area contributed by atoms with E-state index in [9.17, 15) is 13.5 Å². The normalized spacial score (nSPS) is 20.5. The van der Waals surface area contributed by atoms with E-state index in [0.29, 0.717) is 44.6 Å². The largest absolute Gasteiger partial charge is 0.390 e. The van der Waals surface area contributed by atoms with E-state index in [4.69, 9.17) is 5.73 Å². The molecule has 0 aromatic carbocycles. The second-order valence-electron chi connectivity index (χ2n) is 4.90. The Bertz CT molecular complexity index is 493. The molecule has 2 rings (SSSR count). The summed E-state index contributed by atoms with van der Waals surface area (Å²) >= 11 is 1.39. The first-order valence-electron chi connectivity index (χ1n) is 6.22. The molecule has 8 heteroatoms. The number of nitrogens with zero attached hydrogens (tertiary/aromatic N) is 2. The van der Waals surface area contributed by atoms with Gasteiger partial charge >= 0.3 is 0 Å². The van der Waals surface area contributed by atoms with Crippen LogP contribution in [-0.4, -0.2) is 48.0 Å². The third-order valence-electron chi connectivity index (χ3n) is 3.47. The predicted molar refractivity (Wildman–Crippen MR) is 74.2 cm³/mol. The third kappa shape index (κ3) is 3.73. The number of hydrogen-bond acceptors (Lipinski definition) is 6. The van der Waals surface area contributed by atoms with Crippen LogP contribution in [0.5, 0.6) is 0 Å². The van der Waals surface area contributed by atoms with Crippen molar-refractivity contribution < 1.29 is 13.5 Å². The van der Waals surface area contributed by atoms with Crippen LogP contribution in [-0.2, 0) is 15.8 Å². The molecule has 0 atom stereocenters. The predicted octanol–water partition coefficient (Wildman–Crippen LogP) is 0.149. The zero-order chi connectivity index (χ0) is 13.9. The van der Waals surface area contributed by atoms with Crippen LogP contribution < -0.4 is 5.73 Å². The Labute approximate surface area is 117 Å². The summed E-state index contributed by atoms with van der Waals surface area (Å²) in [5, 5.41) is 11.9. The maximum absolute atomic E-state index is 12.2. The molecule has 1 aromatic heterocycles. The number of piperidine rings is 1. The highest BCUT2D eigenvalue weighted by Gasteiger charge is 2.35. The molecule has 3 N–H and O–H groups in total. The van der Waals surface area contributed by atoms with E-state index in [1.807, 2.05) is 0 Å². The molecule has 1 aromatic rings. The average Bonchev–Trinajstić information content (AvgIpc) is 2.81. The second kappa shape index (κ2) is 5.84. The molecule has 19 heavy (non-hydrogen) atoms. The van der Waals surface area contributed by atoms with Gasteiger partial charge in [-0.15, -0.1) is 11.3 Å². The smallest absolute Gasteiger partial charge is 0.219 e. The van der Waals surface area contributed by atoms with Crippen LogP contribution in [0.25, 0.3) is 0 Å². The van der Waals surface area contributed by atoms with Crippen LogP contribution in [0.1, 0.15) is 25.0 Å². The molecule has 0 bridgehead atoms. The van der Waals surface area contributed by atoms with Gasteiger partial charge in [0.1, 0.15) is 5.75 Å². The minimum absolute atomic E-state index is 0.0637. The van der Waals surface area contributed by atoms with Gasteiger partial charge in [0.25, 0.3) is 0 Å². The van der Waals surface area contributed by atoms with Crippen molar-refractivity contribution in [1.29, 1.82) is 0 Å². The van der Waals surface area contributed by atoms with E-state index < -0.39 is 15.6 Å². The van der Waals surface area contributed by atoms with Crippen LogP contribution in [0.15, 0.2) is 10.9 Å². The first-order chi connectivity index (χ1) is 8.95. The number of aliphatic hydroxyl groups is 1. The summed E-state index contributed by atoms with van der Waals surface area (Å²) in [4.78, 5) is 4.00. The molecule has 0 amide bonds. The summed E-state index contributed by atoms with van der Waals surface area (Å²) in [6, 6.07) is 0. The fraction of sp³-hybridized carbons (Fsp3) is 0.727. The second-order valence-corrected chi connectivity index (χ2v) is 7.59. The Morgan fingerprint density at radius 1 is 1.47 bits per heavy atom. The van der Waals surface area contributed by atoms with Gasteiger partial charge in [-0.1, -0.05) is 0 Å². The molecule has 0 unspecified atom stereocenters. The summed E-state index contributed by atoms with van der Waals surface area (Å²) in [6.45, 7) is 1.12. The van der Waals surface area contributed by atoms with Crippen molar-refractivity contribution in [2.75, 3.05) is 19.6 Å². The monoisotopic (exact) mass is 305 g/mol. The lowest BCUT2D eigenvalue weighted by atomic mass is 9.89. The van der Waals surface area contributed by atoms with Crippen LogP contribution in [0.2, 0.25) is 0 Å². The SMILES string of the molecule is NCCC1(O)CCN(S(=O)(=O)Cc2cscn2)CC1. The fourth-order valence-corrected chi connectivity index (χ4v) is 4.40. The van der Waals surface area contributed by atoms with Crippen LogP contribution in [0.3, 0.4) is 0 Å². The van der Waals surface area contributed by atoms with E-state index in [0.717, 1.165) is 0 Å². The van der Waals surface area contributed by atoms with Gasteiger partial charge in [-0.25, -0.2) is 17.7 Å².